The van der Waals surface area contributed by atoms with E-state index in [0.717, 1.165) is 0 Å². The van der Waals surface area contributed by atoms with E-state index in [-0.39, 0.29) is 11.5 Å². The zero-order chi connectivity index (χ0) is 15.4. The number of aryl methyl sites for hydroxylation is 1. The fraction of sp³-hybridized carbons (Fsp3) is 0.0714. The van der Waals surface area contributed by atoms with Gasteiger partial charge in [0.05, 0.1) is 11.9 Å². The van der Waals surface area contributed by atoms with Crippen molar-refractivity contribution in [2.45, 2.75) is 6.92 Å². The third kappa shape index (κ3) is 3.75. The van der Waals surface area contributed by atoms with E-state index in [4.69, 9.17) is 5.11 Å². The fourth-order valence-corrected chi connectivity index (χ4v) is 1.61. The molecule has 0 atom stereocenters. The van der Waals surface area contributed by atoms with Gasteiger partial charge >= 0.3 is 12.0 Å². The number of nitrogens with zero attached hydrogens (tertiary/aromatic N) is 1. The number of rotatable bonds is 3. The predicted molar refractivity (Wildman–Crippen MR) is 75.0 cm³/mol. The molecule has 0 spiro atoms. The molecule has 0 aliphatic carbocycles. The molecule has 1 aromatic carbocycles. The van der Waals surface area contributed by atoms with Crippen molar-refractivity contribution in [2.75, 3.05) is 10.6 Å². The molecule has 0 radical (unpaired) electrons. The third-order valence-electron chi connectivity index (χ3n) is 2.66. The minimum absolute atomic E-state index is 0.116. The van der Waals surface area contributed by atoms with E-state index in [9.17, 15) is 14.0 Å². The van der Waals surface area contributed by atoms with Gasteiger partial charge in [-0.1, -0.05) is 0 Å². The number of benzene rings is 1. The molecule has 0 unspecified atom stereocenters. The Balaban J connectivity index is 2.01. The number of carbonyl (C=O) groups is 2. The molecule has 108 valence electrons. The average molecular weight is 289 g/mol. The topological polar surface area (TPSA) is 91.3 Å². The summed E-state index contributed by atoms with van der Waals surface area (Å²) in [4.78, 5) is 26.1. The lowest BCUT2D eigenvalue weighted by Gasteiger charge is -2.08. The maximum absolute atomic E-state index is 13.1. The summed E-state index contributed by atoms with van der Waals surface area (Å²) >= 11 is 0. The Hall–Kier alpha value is -2.96. The van der Waals surface area contributed by atoms with E-state index in [1.165, 1.54) is 36.5 Å². The molecule has 1 aromatic heterocycles. The summed E-state index contributed by atoms with van der Waals surface area (Å²) in [5.74, 6) is -1.50. The van der Waals surface area contributed by atoms with Crippen LogP contribution in [0.5, 0.6) is 0 Å². The molecule has 1 heterocycles. The molecule has 0 saturated carbocycles. The number of hydrogen-bond acceptors (Lipinski definition) is 3. The molecule has 0 aliphatic heterocycles. The fourth-order valence-electron chi connectivity index (χ4n) is 1.61. The van der Waals surface area contributed by atoms with Crippen LogP contribution in [0.15, 0.2) is 36.5 Å². The van der Waals surface area contributed by atoms with E-state index in [0.29, 0.717) is 16.9 Å². The SMILES string of the molecule is Cc1cc(NC(=O)Nc2ccc(C(=O)O)nc2)ccc1F. The van der Waals surface area contributed by atoms with Crippen LogP contribution in [0, 0.1) is 12.7 Å². The number of aromatic nitrogens is 1. The van der Waals surface area contributed by atoms with Crippen LogP contribution in [-0.2, 0) is 0 Å². The van der Waals surface area contributed by atoms with Gasteiger partial charge in [0.2, 0.25) is 0 Å². The molecule has 6 nitrogen and oxygen atoms in total. The minimum atomic E-state index is -1.15. The second-order valence-electron chi connectivity index (χ2n) is 4.28. The number of hydrogen-bond donors (Lipinski definition) is 3. The molecule has 0 saturated heterocycles. The van der Waals surface area contributed by atoms with Crippen LogP contribution in [0.25, 0.3) is 0 Å². The highest BCUT2D eigenvalue weighted by Gasteiger charge is 2.07. The lowest BCUT2D eigenvalue weighted by atomic mass is 10.2. The van der Waals surface area contributed by atoms with E-state index < -0.39 is 12.0 Å². The molecule has 2 amide bonds. The van der Waals surface area contributed by atoms with Crippen LogP contribution >= 0.6 is 0 Å². The highest BCUT2D eigenvalue weighted by Crippen LogP contribution is 2.14. The van der Waals surface area contributed by atoms with Crippen molar-refractivity contribution < 1.29 is 19.1 Å². The van der Waals surface area contributed by atoms with Crippen molar-refractivity contribution in [1.29, 1.82) is 0 Å². The quantitative estimate of drug-likeness (QED) is 0.810. The number of halogens is 1. The third-order valence-corrected chi connectivity index (χ3v) is 2.66. The average Bonchev–Trinajstić information content (AvgIpc) is 2.43. The van der Waals surface area contributed by atoms with E-state index >= 15 is 0 Å². The number of aromatic carboxylic acids is 1. The number of urea groups is 1. The van der Waals surface area contributed by atoms with Crippen LogP contribution in [0.2, 0.25) is 0 Å². The van der Waals surface area contributed by atoms with Crippen molar-refractivity contribution in [3.63, 3.8) is 0 Å². The standard InChI is InChI=1S/C14H12FN3O3/c1-8-6-9(2-4-11(8)15)17-14(21)18-10-3-5-12(13(19)20)16-7-10/h2-7H,1H3,(H,19,20)(H2,17,18,21). The van der Waals surface area contributed by atoms with Crippen LogP contribution in [0.4, 0.5) is 20.6 Å². The summed E-state index contributed by atoms with van der Waals surface area (Å²) in [5, 5.41) is 13.7. The van der Waals surface area contributed by atoms with Gasteiger partial charge in [0.1, 0.15) is 11.5 Å². The van der Waals surface area contributed by atoms with Gasteiger partial charge in [-0.05, 0) is 42.8 Å². The van der Waals surface area contributed by atoms with E-state index in [1.54, 1.807) is 6.92 Å². The Bertz CT molecular complexity index is 686. The molecular formula is C14H12FN3O3. The largest absolute Gasteiger partial charge is 0.477 e. The summed E-state index contributed by atoms with van der Waals surface area (Å²) in [7, 11) is 0. The van der Waals surface area contributed by atoms with Gasteiger partial charge in [-0.25, -0.2) is 19.0 Å². The van der Waals surface area contributed by atoms with Gasteiger partial charge < -0.3 is 15.7 Å². The molecule has 2 rings (SSSR count). The number of pyridine rings is 1. The number of amides is 2. The van der Waals surface area contributed by atoms with Gasteiger partial charge in [-0.15, -0.1) is 0 Å². The van der Waals surface area contributed by atoms with E-state index in [2.05, 4.69) is 15.6 Å². The molecular weight excluding hydrogens is 277 g/mol. The molecule has 0 fully saturated rings. The first-order valence-electron chi connectivity index (χ1n) is 5.99. The number of carbonyl (C=O) groups excluding carboxylic acids is 1. The highest BCUT2D eigenvalue weighted by atomic mass is 19.1. The molecule has 21 heavy (non-hydrogen) atoms. The Morgan fingerprint density at radius 2 is 1.81 bits per heavy atom. The summed E-state index contributed by atoms with van der Waals surface area (Å²) in [5.41, 5.74) is 1.09. The minimum Gasteiger partial charge on any atom is -0.477 e. The Morgan fingerprint density at radius 1 is 1.14 bits per heavy atom. The van der Waals surface area contributed by atoms with Crippen molar-refractivity contribution in [3.05, 3.63) is 53.6 Å². The maximum Gasteiger partial charge on any atom is 0.354 e. The van der Waals surface area contributed by atoms with Crippen LogP contribution in [-0.4, -0.2) is 22.1 Å². The lowest BCUT2D eigenvalue weighted by Crippen LogP contribution is -2.19. The van der Waals surface area contributed by atoms with E-state index in [1.807, 2.05) is 0 Å². The number of nitrogens with one attached hydrogen (secondary N) is 2. The van der Waals surface area contributed by atoms with Gasteiger partial charge in [0, 0.05) is 5.69 Å². The Kier molecular flexibility index (Phi) is 4.13. The van der Waals surface area contributed by atoms with Gasteiger partial charge in [0.25, 0.3) is 0 Å². The number of carboxylic acids is 1. The molecule has 3 N–H and O–H groups in total. The summed E-state index contributed by atoms with van der Waals surface area (Å²) in [6, 6.07) is 6.36. The normalized spacial score (nSPS) is 10.0. The second-order valence-corrected chi connectivity index (χ2v) is 4.28. The number of carboxylic acid groups (broad SMARTS) is 1. The first kappa shape index (κ1) is 14.4. The molecule has 7 heteroatoms. The van der Waals surface area contributed by atoms with Crippen molar-refractivity contribution in [3.8, 4) is 0 Å². The summed E-state index contributed by atoms with van der Waals surface area (Å²) < 4.78 is 13.1. The van der Waals surface area contributed by atoms with Crippen molar-refractivity contribution >= 4 is 23.4 Å². The first-order valence-corrected chi connectivity index (χ1v) is 5.99. The molecule has 0 aliphatic rings. The summed E-state index contributed by atoms with van der Waals surface area (Å²) in [6.45, 7) is 1.59. The molecule has 2 aromatic rings. The van der Waals surface area contributed by atoms with Gasteiger partial charge in [-0.3, -0.25) is 0 Å². The predicted octanol–water partition coefficient (Wildman–Crippen LogP) is 2.87. The zero-order valence-corrected chi connectivity index (χ0v) is 11.1. The van der Waals surface area contributed by atoms with Gasteiger partial charge in [0.15, 0.2) is 0 Å². The first-order chi connectivity index (χ1) is 9.95. The lowest BCUT2D eigenvalue weighted by molar-refractivity contribution is 0.0690. The zero-order valence-electron chi connectivity index (χ0n) is 11.1. The van der Waals surface area contributed by atoms with Gasteiger partial charge in [-0.2, -0.15) is 0 Å². The number of anilines is 2. The highest BCUT2D eigenvalue weighted by molar-refractivity contribution is 5.99. The summed E-state index contributed by atoms with van der Waals surface area (Å²) in [6.07, 6.45) is 1.24. The Morgan fingerprint density at radius 3 is 2.38 bits per heavy atom. The van der Waals surface area contributed by atoms with Crippen molar-refractivity contribution in [2.24, 2.45) is 0 Å². The smallest absolute Gasteiger partial charge is 0.354 e. The van der Waals surface area contributed by atoms with Crippen LogP contribution < -0.4 is 10.6 Å². The second kappa shape index (κ2) is 6.00. The van der Waals surface area contributed by atoms with Crippen LogP contribution in [0.1, 0.15) is 16.1 Å². The maximum atomic E-state index is 13.1. The molecule has 0 bridgehead atoms. The van der Waals surface area contributed by atoms with Crippen molar-refractivity contribution in [1.82, 2.24) is 4.98 Å². The monoisotopic (exact) mass is 289 g/mol. The van der Waals surface area contributed by atoms with Crippen LogP contribution in [0.3, 0.4) is 0 Å². The Labute approximate surface area is 119 Å².